The van der Waals surface area contributed by atoms with Gasteiger partial charge in [0.05, 0.1) is 24.5 Å². The van der Waals surface area contributed by atoms with Crippen LogP contribution < -0.4 is 10.6 Å². The molecule has 3 rings (SSSR count). The minimum atomic E-state index is -0.286. The molecule has 2 N–H and O–H groups in total. The molecule has 1 aliphatic rings. The van der Waals surface area contributed by atoms with Gasteiger partial charge in [-0.05, 0) is 43.7 Å². The van der Waals surface area contributed by atoms with Crippen molar-refractivity contribution in [2.24, 2.45) is 5.92 Å². The minimum Gasteiger partial charge on any atom is -0.381 e. The van der Waals surface area contributed by atoms with Crippen LogP contribution in [0.25, 0.3) is 5.69 Å². The molecule has 1 aliphatic heterocycles. The van der Waals surface area contributed by atoms with Gasteiger partial charge in [0.25, 0.3) is 0 Å². The summed E-state index contributed by atoms with van der Waals surface area (Å²) in [4.78, 5) is 12.0. The van der Waals surface area contributed by atoms with Gasteiger partial charge in [-0.1, -0.05) is 0 Å². The third-order valence-corrected chi connectivity index (χ3v) is 4.20. The van der Waals surface area contributed by atoms with Crippen LogP contribution in [-0.4, -0.2) is 35.1 Å². The average Bonchev–Trinajstić information content (AvgIpc) is 3.25. The quantitative estimate of drug-likeness (QED) is 0.882. The molecule has 0 bridgehead atoms. The standard InChI is InChI=1S/C17H21FN4O2/c1-12(13-7-9-24-11-13)20-17(23)19-10-15-6-8-22(21-15)16-4-2-14(18)3-5-16/h2-6,8,12-13H,7,9-11H2,1H3,(H2,19,20,23). The van der Waals surface area contributed by atoms with E-state index in [1.807, 2.05) is 13.0 Å². The molecule has 2 amide bonds. The molecular weight excluding hydrogens is 311 g/mol. The lowest BCUT2D eigenvalue weighted by molar-refractivity contribution is 0.178. The maximum absolute atomic E-state index is 12.9. The van der Waals surface area contributed by atoms with Gasteiger partial charge in [-0.15, -0.1) is 0 Å². The summed E-state index contributed by atoms with van der Waals surface area (Å²) in [7, 11) is 0. The van der Waals surface area contributed by atoms with E-state index in [1.54, 1.807) is 23.0 Å². The molecule has 2 atom stereocenters. The summed E-state index contributed by atoms with van der Waals surface area (Å²) in [6.45, 7) is 3.78. The molecule has 2 heterocycles. The second kappa shape index (κ2) is 7.44. The minimum absolute atomic E-state index is 0.0734. The zero-order valence-electron chi connectivity index (χ0n) is 13.5. The van der Waals surface area contributed by atoms with E-state index in [9.17, 15) is 9.18 Å². The molecule has 1 saturated heterocycles. The molecule has 0 aliphatic carbocycles. The number of amides is 2. The van der Waals surface area contributed by atoms with Crippen molar-refractivity contribution in [2.75, 3.05) is 13.2 Å². The number of aromatic nitrogens is 2. The molecule has 2 aromatic rings. The van der Waals surface area contributed by atoms with Crippen molar-refractivity contribution in [1.82, 2.24) is 20.4 Å². The highest BCUT2D eigenvalue weighted by atomic mass is 19.1. The van der Waals surface area contributed by atoms with Crippen molar-refractivity contribution < 1.29 is 13.9 Å². The van der Waals surface area contributed by atoms with Gasteiger partial charge in [0.1, 0.15) is 5.82 Å². The lowest BCUT2D eigenvalue weighted by Crippen LogP contribution is -2.44. The first kappa shape index (κ1) is 16.4. The zero-order valence-corrected chi connectivity index (χ0v) is 13.5. The number of carbonyl (C=O) groups is 1. The number of urea groups is 1. The maximum Gasteiger partial charge on any atom is 0.315 e. The smallest absolute Gasteiger partial charge is 0.315 e. The number of carbonyl (C=O) groups excluding carboxylic acids is 1. The van der Waals surface area contributed by atoms with Crippen LogP contribution in [0, 0.1) is 11.7 Å². The summed E-state index contributed by atoms with van der Waals surface area (Å²) in [5, 5.41) is 10.1. The Morgan fingerprint density at radius 3 is 2.92 bits per heavy atom. The topological polar surface area (TPSA) is 68.2 Å². The lowest BCUT2D eigenvalue weighted by Gasteiger charge is -2.19. The van der Waals surface area contributed by atoms with E-state index in [1.165, 1.54) is 12.1 Å². The number of hydrogen-bond acceptors (Lipinski definition) is 3. The fourth-order valence-corrected chi connectivity index (χ4v) is 2.69. The molecule has 0 radical (unpaired) electrons. The fourth-order valence-electron chi connectivity index (χ4n) is 2.69. The van der Waals surface area contributed by atoms with Gasteiger partial charge in [0.15, 0.2) is 0 Å². The largest absolute Gasteiger partial charge is 0.381 e. The van der Waals surface area contributed by atoms with Gasteiger partial charge in [-0.3, -0.25) is 0 Å². The summed E-state index contributed by atoms with van der Waals surface area (Å²) >= 11 is 0. The van der Waals surface area contributed by atoms with Crippen molar-refractivity contribution in [1.29, 1.82) is 0 Å². The zero-order chi connectivity index (χ0) is 16.9. The van der Waals surface area contributed by atoms with E-state index in [-0.39, 0.29) is 17.9 Å². The number of benzene rings is 1. The van der Waals surface area contributed by atoms with E-state index in [4.69, 9.17) is 4.74 Å². The van der Waals surface area contributed by atoms with Crippen molar-refractivity contribution in [3.63, 3.8) is 0 Å². The third kappa shape index (κ3) is 4.11. The maximum atomic E-state index is 12.9. The second-order valence-electron chi connectivity index (χ2n) is 5.97. The Kier molecular flexibility index (Phi) is 5.10. The molecule has 0 spiro atoms. The van der Waals surface area contributed by atoms with Gasteiger partial charge in [0, 0.05) is 24.8 Å². The van der Waals surface area contributed by atoms with Crippen LogP contribution in [0.15, 0.2) is 36.5 Å². The van der Waals surface area contributed by atoms with E-state index in [0.29, 0.717) is 19.1 Å². The third-order valence-electron chi connectivity index (χ3n) is 4.20. The highest BCUT2D eigenvalue weighted by Gasteiger charge is 2.23. The number of halogens is 1. The normalized spacial score (nSPS) is 18.3. The van der Waals surface area contributed by atoms with Crippen molar-refractivity contribution in [3.05, 3.63) is 48.0 Å². The van der Waals surface area contributed by atoms with E-state index < -0.39 is 0 Å². The van der Waals surface area contributed by atoms with Gasteiger partial charge in [-0.2, -0.15) is 5.10 Å². The van der Waals surface area contributed by atoms with Gasteiger partial charge in [-0.25, -0.2) is 13.9 Å². The number of nitrogens with zero attached hydrogens (tertiary/aromatic N) is 2. The van der Waals surface area contributed by atoms with E-state index >= 15 is 0 Å². The van der Waals surface area contributed by atoms with Crippen LogP contribution in [0.4, 0.5) is 9.18 Å². The van der Waals surface area contributed by atoms with Crippen LogP contribution in [0.3, 0.4) is 0 Å². The molecule has 1 aromatic heterocycles. The average molecular weight is 332 g/mol. The van der Waals surface area contributed by atoms with Crippen LogP contribution in [0.2, 0.25) is 0 Å². The molecule has 0 saturated carbocycles. The number of hydrogen-bond donors (Lipinski definition) is 2. The van der Waals surface area contributed by atoms with Gasteiger partial charge >= 0.3 is 6.03 Å². The van der Waals surface area contributed by atoms with E-state index in [2.05, 4.69) is 15.7 Å². The Morgan fingerprint density at radius 2 is 2.21 bits per heavy atom. The highest BCUT2D eigenvalue weighted by molar-refractivity contribution is 5.74. The molecule has 7 heteroatoms. The first-order valence-corrected chi connectivity index (χ1v) is 8.04. The molecule has 2 unspecified atom stereocenters. The molecular formula is C17H21FN4O2. The van der Waals surface area contributed by atoms with E-state index in [0.717, 1.165) is 24.4 Å². The fraction of sp³-hybridized carbons (Fsp3) is 0.412. The lowest BCUT2D eigenvalue weighted by atomic mass is 10.0. The first-order chi connectivity index (χ1) is 11.6. The molecule has 128 valence electrons. The predicted molar refractivity (Wildman–Crippen MR) is 87.3 cm³/mol. The summed E-state index contributed by atoms with van der Waals surface area (Å²) in [5.74, 6) is 0.0830. The Labute approximate surface area is 140 Å². The number of nitrogens with one attached hydrogen (secondary N) is 2. The van der Waals surface area contributed by atoms with Crippen molar-refractivity contribution in [2.45, 2.75) is 25.9 Å². The van der Waals surface area contributed by atoms with Crippen LogP contribution >= 0.6 is 0 Å². The molecule has 6 nitrogen and oxygen atoms in total. The molecule has 1 aromatic carbocycles. The van der Waals surface area contributed by atoms with Crippen LogP contribution in [0.1, 0.15) is 19.0 Å². The molecule has 24 heavy (non-hydrogen) atoms. The number of ether oxygens (including phenoxy) is 1. The Morgan fingerprint density at radius 1 is 1.42 bits per heavy atom. The summed E-state index contributed by atoms with van der Waals surface area (Å²) < 4.78 is 19.9. The summed E-state index contributed by atoms with van der Waals surface area (Å²) in [5.41, 5.74) is 1.49. The summed E-state index contributed by atoms with van der Waals surface area (Å²) in [6, 6.07) is 7.75. The highest BCUT2D eigenvalue weighted by Crippen LogP contribution is 2.16. The number of rotatable bonds is 5. The van der Waals surface area contributed by atoms with Crippen molar-refractivity contribution >= 4 is 6.03 Å². The Hall–Kier alpha value is -2.41. The van der Waals surface area contributed by atoms with Gasteiger partial charge in [0.2, 0.25) is 0 Å². The Bertz CT molecular complexity index is 680. The molecule has 1 fully saturated rings. The van der Waals surface area contributed by atoms with Crippen LogP contribution in [0.5, 0.6) is 0 Å². The summed E-state index contributed by atoms with van der Waals surface area (Å²) in [6.07, 6.45) is 2.75. The first-order valence-electron chi connectivity index (χ1n) is 8.04. The predicted octanol–water partition coefficient (Wildman–Crippen LogP) is 2.24. The van der Waals surface area contributed by atoms with Crippen molar-refractivity contribution in [3.8, 4) is 5.69 Å². The second-order valence-corrected chi connectivity index (χ2v) is 5.97. The monoisotopic (exact) mass is 332 g/mol. The SMILES string of the molecule is CC(NC(=O)NCc1ccn(-c2ccc(F)cc2)n1)C1CCOC1. The Balaban J connectivity index is 1.49. The van der Waals surface area contributed by atoms with Gasteiger partial charge < -0.3 is 15.4 Å². The van der Waals surface area contributed by atoms with Crippen LogP contribution in [-0.2, 0) is 11.3 Å².